The summed E-state index contributed by atoms with van der Waals surface area (Å²) in [4.78, 5) is 24.4. The van der Waals surface area contributed by atoms with Crippen molar-refractivity contribution in [3.05, 3.63) is 24.3 Å². The lowest BCUT2D eigenvalue weighted by molar-refractivity contribution is -0.143. The van der Waals surface area contributed by atoms with Crippen molar-refractivity contribution in [1.82, 2.24) is 5.32 Å². The first-order valence-electron chi connectivity index (χ1n) is 24.6. The van der Waals surface area contributed by atoms with Gasteiger partial charge in [-0.15, -0.1) is 0 Å². The lowest BCUT2D eigenvalue weighted by Crippen LogP contribution is -2.45. The third-order valence-corrected chi connectivity index (χ3v) is 11.3. The molecule has 0 saturated carbocycles. The maximum atomic E-state index is 12.4. The molecule has 0 aromatic carbocycles. The first-order chi connectivity index (χ1) is 27.5. The van der Waals surface area contributed by atoms with Gasteiger partial charge in [0.15, 0.2) is 0 Å². The van der Waals surface area contributed by atoms with Gasteiger partial charge in [0.05, 0.1) is 25.4 Å². The van der Waals surface area contributed by atoms with Crippen LogP contribution in [0.3, 0.4) is 0 Å². The van der Waals surface area contributed by atoms with Crippen molar-refractivity contribution in [3.8, 4) is 0 Å². The van der Waals surface area contributed by atoms with E-state index in [2.05, 4.69) is 43.5 Å². The zero-order chi connectivity index (χ0) is 40.8. The summed E-state index contributed by atoms with van der Waals surface area (Å²) in [7, 11) is 0. The van der Waals surface area contributed by atoms with Crippen LogP contribution >= 0.6 is 0 Å². The van der Waals surface area contributed by atoms with Crippen molar-refractivity contribution >= 4 is 11.9 Å². The molecular formula is C50H95NO5. The van der Waals surface area contributed by atoms with E-state index in [0.29, 0.717) is 25.9 Å². The highest BCUT2D eigenvalue weighted by Crippen LogP contribution is 2.16. The summed E-state index contributed by atoms with van der Waals surface area (Å²) in [5, 5.41) is 23.2. The average Bonchev–Trinajstić information content (AvgIpc) is 3.20. The Morgan fingerprint density at radius 2 is 0.911 bits per heavy atom. The molecule has 0 aromatic rings. The number of aliphatic hydroxyl groups excluding tert-OH is 2. The number of amides is 1. The fraction of sp³-hybridized carbons (Fsp3) is 0.880. The van der Waals surface area contributed by atoms with Gasteiger partial charge in [-0.25, -0.2) is 0 Å². The third-order valence-electron chi connectivity index (χ3n) is 11.3. The molecule has 0 aliphatic heterocycles. The number of carbonyl (C=O) groups excluding carboxylic acids is 2. The van der Waals surface area contributed by atoms with E-state index in [-0.39, 0.29) is 18.5 Å². The van der Waals surface area contributed by atoms with Crippen molar-refractivity contribution in [3.63, 3.8) is 0 Å². The van der Waals surface area contributed by atoms with E-state index in [0.717, 1.165) is 70.6 Å². The molecule has 0 saturated heterocycles. The SMILES string of the molecule is CCCC/C=C\C/C=C\CCCCCCCC(=O)OCCCCCCCCCCCC(=O)NC(CO)C(O)CCCCCCCCCCCCCCCCCC. The molecule has 6 heteroatoms. The molecule has 0 bridgehead atoms. The monoisotopic (exact) mass is 790 g/mol. The lowest BCUT2D eigenvalue weighted by Gasteiger charge is -2.22. The molecule has 0 spiro atoms. The minimum absolute atomic E-state index is 0.0396. The zero-order valence-corrected chi connectivity index (χ0v) is 37.4. The van der Waals surface area contributed by atoms with Gasteiger partial charge in [-0.1, -0.05) is 218 Å². The van der Waals surface area contributed by atoms with Crippen LogP contribution in [0.5, 0.6) is 0 Å². The van der Waals surface area contributed by atoms with Crippen molar-refractivity contribution in [1.29, 1.82) is 0 Å². The second kappa shape index (κ2) is 46.0. The minimum Gasteiger partial charge on any atom is -0.466 e. The molecular weight excluding hydrogens is 695 g/mol. The molecule has 1 amide bonds. The molecule has 2 unspecified atom stereocenters. The molecule has 330 valence electrons. The van der Waals surface area contributed by atoms with Crippen LogP contribution in [0.25, 0.3) is 0 Å². The highest BCUT2D eigenvalue weighted by molar-refractivity contribution is 5.76. The highest BCUT2D eigenvalue weighted by Gasteiger charge is 2.20. The number of aliphatic hydroxyl groups is 2. The summed E-state index contributed by atoms with van der Waals surface area (Å²) < 4.78 is 5.43. The normalized spacial score (nSPS) is 12.9. The molecule has 0 rings (SSSR count). The fourth-order valence-electron chi connectivity index (χ4n) is 7.42. The number of nitrogens with one attached hydrogen (secondary N) is 1. The molecule has 0 aliphatic carbocycles. The Balaban J connectivity index is 3.51. The van der Waals surface area contributed by atoms with Crippen LogP contribution in [0.15, 0.2) is 24.3 Å². The molecule has 3 N–H and O–H groups in total. The Morgan fingerprint density at radius 3 is 1.41 bits per heavy atom. The molecule has 0 aliphatic rings. The second-order valence-electron chi connectivity index (χ2n) is 16.8. The Morgan fingerprint density at radius 1 is 0.500 bits per heavy atom. The van der Waals surface area contributed by atoms with Gasteiger partial charge in [0, 0.05) is 12.8 Å². The largest absolute Gasteiger partial charge is 0.466 e. The Hall–Kier alpha value is -1.66. The van der Waals surface area contributed by atoms with Crippen LogP contribution in [0.4, 0.5) is 0 Å². The quantitative estimate of drug-likeness (QED) is 0.0324. The van der Waals surface area contributed by atoms with Crippen LogP contribution in [0.2, 0.25) is 0 Å². The number of hydrogen-bond donors (Lipinski definition) is 3. The summed E-state index contributed by atoms with van der Waals surface area (Å²) in [6.07, 6.45) is 52.7. The molecule has 0 radical (unpaired) electrons. The van der Waals surface area contributed by atoms with Crippen LogP contribution in [-0.4, -0.2) is 47.4 Å². The van der Waals surface area contributed by atoms with E-state index in [9.17, 15) is 19.8 Å². The van der Waals surface area contributed by atoms with Gasteiger partial charge < -0.3 is 20.3 Å². The van der Waals surface area contributed by atoms with Gasteiger partial charge >= 0.3 is 5.97 Å². The Labute approximate surface area is 348 Å². The van der Waals surface area contributed by atoms with E-state index in [1.807, 2.05) is 0 Å². The first kappa shape index (κ1) is 54.3. The van der Waals surface area contributed by atoms with Gasteiger partial charge in [-0.2, -0.15) is 0 Å². The number of allylic oxidation sites excluding steroid dienone is 4. The Kier molecular flexibility index (Phi) is 44.7. The molecule has 56 heavy (non-hydrogen) atoms. The maximum absolute atomic E-state index is 12.4. The summed E-state index contributed by atoms with van der Waals surface area (Å²) in [5.74, 6) is -0.103. The summed E-state index contributed by atoms with van der Waals surface area (Å²) in [6, 6.07) is -0.562. The topological polar surface area (TPSA) is 95.9 Å². The summed E-state index contributed by atoms with van der Waals surface area (Å²) in [5.41, 5.74) is 0. The predicted octanol–water partition coefficient (Wildman–Crippen LogP) is 14.3. The van der Waals surface area contributed by atoms with Crippen molar-refractivity contribution in [2.45, 2.75) is 270 Å². The third kappa shape index (κ3) is 42.0. The molecule has 6 nitrogen and oxygen atoms in total. The second-order valence-corrected chi connectivity index (χ2v) is 16.8. The van der Waals surface area contributed by atoms with E-state index in [1.165, 1.54) is 154 Å². The smallest absolute Gasteiger partial charge is 0.305 e. The molecule has 0 fully saturated rings. The molecule has 0 aromatic heterocycles. The van der Waals surface area contributed by atoms with E-state index in [1.54, 1.807) is 0 Å². The van der Waals surface area contributed by atoms with Gasteiger partial charge in [0.1, 0.15) is 0 Å². The van der Waals surface area contributed by atoms with Gasteiger partial charge in [0.2, 0.25) is 5.91 Å². The van der Waals surface area contributed by atoms with Crippen molar-refractivity contribution in [2.24, 2.45) is 0 Å². The van der Waals surface area contributed by atoms with E-state index in [4.69, 9.17) is 4.74 Å². The molecule has 2 atom stereocenters. The van der Waals surface area contributed by atoms with Gasteiger partial charge in [0.25, 0.3) is 0 Å². The van der Waals surface area contributed by atoms with Crippen molar-refractivity contribution < 1.29 is 24.5 Å². The number of esters is 1. The van der Waals surface area contributed by atoms with Crippen LogP contribution in [-0.2, 0) is 14.3 Å². The number of hydrogen-bond acceptors (Lipinski definition) is 5. The Bertz CT molecular complexity index is 874. The van der Waals surface area contributed by atoms with Crippen LogP contribution in [0, 0.1) is 0 Å². The van der Waals surface area contributed by atoms with Crippen LogP contribution < -0.4 is 5.32 Å². The zero-order valence-electron chi connectivity index (χ0n) is 37.4. The predicted molar refractivity (Wildman–Crippen MR) is 241 cm³/mol. The number of carbonyl (C=O) groups is 2. The summed E-state index contributed by atoms with van der Waals surface area (Å²) in [6.45, 7) is 4.84. The van der Waals surface area contributed by atoms with Gasteiger partial charge in [-0.05, 0) is 51.4 Å². The van der Waals surface area contributed by atoms with Gasteiger partial charge in [-0.3, -0.25) is 9.59 Å². The highest BCUT2D eigenvalue weighted by atomic mass is 16.5. The minimum atomic E-state index is -0.682. The number of unbranched alkanes of at least 4 members (excludes halogenated alkanes) is 30. The number of rotatable bonds is 45. The molecule has 0 heterocycles. The lowest BCUT2D eigenvalue weighted by atomic mass is 10.0. The summed E-state index contributed by atoms with van der Waals surface area (Å²) >= 11 is 0. The number of ether oxygens (including phenoxy) is 1. The fourth-order valence-corrected chi connectivity index (χ4v) is 7.42. The first-order valence-corrected chi connectivity index (χ1v) is 24.6. The van der Waals surface area contributed by atoms with Crippen LogP contribution in [0.1, 0.15) is 258 Å². The van der Waals surface area contributed by atoms with E-state index < -0.39 is 12.1 Å². The maximum Gasteiger partial charge on any atom is 0.305 e. The standard InChI is InChI=1S/C50H95NO5/c1-3-5-7-9-11-13-15-17-19-20-21-23-26-30-34-38-42-48(53)47(46-52)51-49(54)43-39-35-31-27-25-29-33-37-41-45-56-50(55)44-40-36-32-28-24-22-18-16-14-12-10-8-6-4-2/h10,12,16,18,47-48,52-53H,3-9,11,13-15,17,19-46H2,1-2H3,(H,51,54)/b12-10-,18-16-. The van der Waals surface area contributed by atoms with Crippen molar-refractivity contribution in [2.75, 3.05) is 13.2 Å². The average molecular weight is 790 g/mol. The van der Waals surface area contributed by atoms with E-state index >= 15 is 0 Å².